The number of esters is 1. The van der Waals surface area contributed by atoms with Gasteiger partial charge in [0.2, 0.25) is 11.8 Å². The maximum absolute atomic E-state index is 13.1. The second kappa shape index (κ2) is 9.03. The van der Waals surface area contributed by atoms with Gasteiger partial charge in [0.25, 0.3) is 5.91 Å². The number of anilines is 1. The molecule has 2 aliphatic carbocycles. The summed E-state index contributed by atoms with van der Waals surface area (Å²) in [5.74, 6) is -1.43. The molecular formula is C24H30N2O7. The highest BCUT2D eigenvalue weighted by atomic mass is 16.5. The number of methoxy groups -OCH3 is 2. The van der Waals surface area contributed by atoms with Crippen LogP contribution in [0.2, 0.25) is 0 Å². The van der Waals surface area contributed by atoms with Gasteiger partial charge in [-0.25, -0.2) is 4.79 Å². The second-order valence-corrected chi connectivity index (χ2v) is 9.34. The lowest BCUT2D eigenvalue weighted by Crippen LogP contribution is -2.50. The van der Waals surface area contributed by atoms with E-state index < -0.39 is 24.5 Å². The Bertz CT molecular complexity index is 948. The standard InChI is InChI=1S/C24H30N2O7/c1-12(2)21(26-22(28)19-13-5-6-14(9-13)20(19)23(26)29)24(30)33-11-18(27)25-16-10-15(31-3)7-8-17(16)32-4/h7-8,10,12-14,19-21H,5-6,9,11H2,1-4H3,(H,25,27)/t13-,14-,19-,20+,21+/m0/s1. The maximum atomic E-state index is 13.1. The van der Waals surface area contributed by atoms with Crippen molar-refractivity contribution in [3.8, 4) is 11.5 Å². The van der Waals surface area contributed by atoms with Crippen molar-refractivity contribution in [1.29, 1.82) is 0 Å². The van der Waals surface area contributed by atoms with Gasteiger partial charge < -0.3 is 19.5 Å². The van der Waals surface area contributed by atoms with Crippen LogP contribution >= 0.6 is 0 Å². The predicted octanol–water partition coefficient (Wildman–Crippen LogP) is 2.24. The summed E-state index contributed by atoms with van der Waals surface area (Å²) in [6.45, 7) is 2.96. The number of fused-ring (bicyclic) bond motifs is 5. The molecule has 1 aromatic carbocycles. The van der Waals surface area contributed by atoms with Crippen molar-refractivity contribution in [2.45, 2.75) is 39.2 Å². The average Bonchev–Trinajstić information content (AvgIpc) is 3.47. The van der Waals surface area contributed by atoms with Gasteiger partial charge in [-0.2, -0.15) is 0 Å². The number of ether oxygens (including phenoxy) is 3. The van der Waals surface area contributed by atoms with Crippen molar-refractivity contribution in [2.24, 2.45) is 29.6 Å². The number of hydrogen-bond donors (Lipinski definition) is 1. The van der Waals surface area contributed by atoms with Crippen molar-refractivity contribution >= 4 is 29.4 Å². The molecule has 9 heteroatoms. The summed E-state index contributed by atoms with van der Waals surface area (Å²) in [7, 11) is 2.97. The Balaban J connectivity index is 1.42. The van der Waals surface area contributed by atoms with Crippen LogP contribution in [0.1, 0.15) is 33.1 Å². The summed E-state index contributed by atoms with van der Waals surface area (Å²) >= 11 is 0. The first-order valence-corrected chi connectivity index (χ1v) is 11.3. The number of hydrogen-bond acceptors (Lipinski definition) is 7. The van der Waals surface area contributed by atoms with Crippen molar-refractivity contribution in [1.82, 2.24) is 4.90 Å². The van der Waals surface area contributed by atoms with E-state index in [4.69, 9.17) is 14.2 Å². The lowest BCUT2D eigenvalue weighted by atomic mass is 9.81. The van der Waals surface area contributed by atoms with E-state index in [1.165, 1.54) is 14.2 Å². The molecule has 2 bridgehead atoms. The number of rotatable bonds is 8. The second-order valence-electron chi connectivity index (χ2n) is 9.34. The highest BCUT2D eigenvalue weighted by Gasteiger charge is 2.62. The molecular weight excluding hydrogens is 428 g/mol. The predicted molar refractivity (Wildman–Crippen MR) is 117 cm³/mol. The quantitative estimate of drug-likeness (QED) is 0.470. The first-order chi connectivity index (χ1) is 15.8. The van der Waals surface area contributed by atoms with Crippen LogP contribution in [-0.2, 0) is 23.9 Å². The van der Waals surface area contributed by atoms with E-state index in [0.717, 1.165) is 24.2 Å². The zero-order valence-corrected chi connectivity index (χ0v) is 19.3. The molecule has 0 spiro atoms. The fourth-order valence-electron chi connectivity index (χ4n) is 5.70. The van der Waals surface area contributed by atoms with E-state index in [1.807, 2.05) is 0 Å². The summed E-state index contributed by atoms with van der Waals surface area (Å²) in [6, 6.07) is 3.87. The molecule has 2 saturated carbocycles. The van der Waals surface area contributed by atoms with Crippen LogP contribution in [0.5, 0.6) is 11.5 Å². The summed E-state index contributed by atoms with van der Waals surface area (Å²) in [4.78, 5) is 52.8. The Kier molecular flexibility index (Phi) is 6.32. The summed E-state index contributed by atoms with van der Waals surface area (Å²) in [6.07, 6.45) is 2.85. The van der Waals surface area contributed by atoms with E-state index in [2.05, 4.69) is 5.32 Å². The van der Waals surface area contributed by atoms with Crippen LogP contribution in [0.15, 0.2) is 18.2 Å². The normalized spacial score (nSPS) is 26.4. The van der Waals surface area contributed by atoms with Crippen molar-refractivity contribution in [3.05, 3.63) is 18.2 Å². The Labute approximate surface area is 192 Å². The fourth-order valence-corrected chi connectivity index (χ4v) is 5.70. The molecule has 33 heavy (non-hydrogen) atoms. The number of likely N-dealkylation sites (tertiary alicyclic amines) is 1. The minimum atomic E-state index is -1.05. The van der Waals surface area contributed by atoms with Gasteiger partial charge in [0.05, 0.1) is 31.7 Å². The Morgan fingerprint density at radius 3 is 2.24 bits per heavy atom. The third-order valence-electron chi connectivity index (χ3n) is 7.14. The third kappa shape index (κ3) is 4.05. The molecule has 1 N–H and O–H groups in total. The van der Waals surface area contributed by atoms with Gasteiger partial charge >= 0.3 is 5.97 Å². The van der Waals surface area contributed by atoms with Crippen molar-refractivity contribution in [2.75, 3.05) is 26.1 Å². The van der Waals surface area contributed by atoms with Gasteiger partial charge in [0.1, 0.15) is 17.5 Å². The van der Waals surface area contributed by atoms with E-state index in [9.17, 15) is 19.2 Å². The van der Waals surface area contributed by atoms with E-state index >= 15 is 0 Å². The molecule has 0 radical (unpaired) electrons. The Morgan fingerprint density at radius 2 is 1.70 bits per heavy atom. The van der Waals surface area contributed by atoms with Gasteiger partial charge in [-0.15, -0.1) is 0 Å². The Morgan fingerprint density at radius 1 is 1.06 bits per heavy atom. The minimum absolute atomic E-state index is 0.230. The molecule has 3 fully saturated rings. The number of nitrogens with zero attached hydrogens (tertiary/aromatic N) is 1. The van der Waals surface area contributed by atoms with Crippen LogP contribution in [0.3, 0.4) is 0 Å². The molecule has 1 saturated heterocycles. The molecule has 0 unspecified atom stereocenters. The SMILES string of the molecule is COc1ccc(OC)c(NC(=O)COC(=O)[C@@H](C(C)C)N2C(=O)[C@@H]3[C@H]4CC[C@@H](C4)[C@@H]3C2=O)c1. The Hall–Kier alpha value is -3.10. The fraction of sp³-hybridized carbons (Fsp3) is 0.583. The van der Waals surface area contributed by atoms with Crippen LogP contribution in [0.4, 0.5) is 5.69 Å². The van der Waals surface area contributed by atoms with Crippen LogP contribution in [0.25, 0.3) is 0 Å². The molecule has 1 aromatic rings. The lowest BCUT2D eigenvalue weighted by Gasteiger charge is -2.28. The number of carbonyl (C=O) groups is 4. The minimum Gasteiger partial charge on any atom is -0.497 e. The van der Waals surface area contributed by atoms with Crippen LogP contribution in [-0.4, -0.2) is 55.5 Å². The monoisotopic (exact) mass is 458 g/mol. The molecule has 1 heterocycles. The molecule has 0 aromatic heterocycles. The highest BCUT2D eigenvalue weighted by Crippen LogP contribution is 2.56. The zero-order valence-electron chi connectivity index (χ0n) is 19.3. The number of amides is 3. The first-order valence-electron chi connectivity index (χ1n) is 11.3. The zero-order chi connectivity index (χ0) is 23.9. The van der Waals surface area contributed by atoms with E-state index in [-0.39, 0.29) is 41.4 Å². The topological polar surface area (TPSA) is 111 Å². The number of nitrogens with one attached hydrogen (secondary N) is 1. The molecule has 3 aliphatic rings. The summed E-state index contributed by atoms with van der Waals surface area (Å²) in [5.41, 5.74) is 0.367. The molecule has 1 aliphatic heterocycles. The van der Waals surface area contributed by atoms with Gasteiger partial charge in [-0.3, -0.25) is 19.3 Å². The smallest absolute Gasteiger partial charge is 0.330 e. The van der Waals surface area contributed by atoms with E-state index in [0.29, 0.717) is 17.2 Å². The number of carbonyl (C=O) groups excluding carboxylic acids is 4. The maximum Gasteiger partial charge on any atom is 0.330 e. The highest BCUT2D eigenvalue weighted by molar-refractivity contribution is 6.08. The largest absolute Gasteiger partial charge is 0.497 e. The lowest BCUT2D eigenvalue weighted by molar-refractivity contribution is -0.162. The molecule has 9 nitrogen and oxygen atoms in total. The van der Waals surface area contributed by atoms with Crippen molar-refractivity contribution < 1.29 is 33.4 Å². The van der Waals surface area contributed by atoms with Gasteiger partial charge in [0, 0.05) is 6.07 Å². The van der Waals surface area contributed by atoms with E-state index in [1.54, 1.807) is 32.0 Å². The first kappa shape index (κ1) is 23.1. The van der Waals surface area contributed by atoms with Crippen LogP contribution in [0, 0.1) is 29.6 Å². The van der Waals surface area contributed by atoms with Crippen molar-refractivity contribution in [3.63, 3.8) is 0 Å². The summed E-state index contributed by atoms with van der Waals surface area (Å²) < 4.78 is 15.7. The number of imide groups is 1. The van der Waals surface area contributed by atoms with Crippen LogP contribution < -0.4 is 14.8 Å². The van der Waals surface area contributed by atoms with Gasteiger partial charge in [-0.1, -0.05) is 13.8 Å². The average molecular weight is 459 g/mol. The van der Waals surface area contributed by atoms with Gasteiger partial charge in [0.15, 0.2) is 6.61 Å². The number of benzene rings is 1. The molecule has 3 amide bonds. The molecule has 4 rings (SSSR count). The van der Waals surface area contributed by atoms with Gasteiger partial charge in [-0.05, 0) is 49.1 Å². The third-order valence-corrected chi connectivity index (χ3v) is 7.14. The molecule has 5 atom stereocenters. The summed E-state index contributed by atoms with van der Waals surface area (Å²) in [5, 5.41) is 2.63. The molecule has 178 valence electrons.